The molecule has 0 aliphatic heterocycles. The van der Waals surface area contributed by atoms with E-state index in [2.05, 4.69) is 31.2 Å². The normalized spacial score (nSPS) is 10.4. The Morgan fingerprint density at radius 3 is 2.83 bits per heavy atom. The number of thiazole rings is 1. The van der Waals surface area contributed by atoms with Crippen LogP contribution in [0.15, 0.2) is 52.6 Å². The summed E-state index contributed by atoms with van der Waals surface area (Å²) in [5, 5.41) is 5.42. The monoisotopic (exact) mass is 403 g/mol. The lowest BCUT2D eigenvalue weighted by atomic mass is 10.2. The number of hydrogen-bond acceptors (Lipinski definition) is 5. The van der Waals surface area contributed by atoms with Crippen molar-refractivity contribution in [2.24, 2.45) is 0 Å². The fourth-order valence-corrected chi connectivity index (χ4v) is 3.37. The van der Waals surface area contributed by atoms with Crippen LogP contribution in [0.1, 0.15) is 16.1 Å². The molecule has 5 nitrogen and oxygen atoms in total. The molecule has 0 fully saturated rings. The number of methoxy groups -OCH3 is 1. The highest BCUT2D eigenvalue weighted by atomic mass is 79.9. The first-order chi connectivity index (χ1) is 11.7. The maximum Gasteiger partial charge on any atom is 0.271 e. The molecule has 2 aromatic heterocycles. The molecule has 0 saturated carbocycles. The van der Waals surface area contributed by atoms with Crippen molar-refractivity contribution in [2.45, 2.75) is 6.54 Å². The molecule has 2 heterocycles. The number of amides is 1. The Bertz CT molecular complexity index is 852. The summed E-state index contributed by atoms with van der Waals surface area (Å²) in [5.74, 6) is 0.517. The fourth-order valence-electron chi connectivity index (χ4n) is 2.16. The van der Waals surface area contributed by atoms with Crippen molar-refractivity contribution >= 4 is 33.2 Å². The number of nitrogens with one attached hydrogen (secondary N) is 1. The average Bonchev–Trinajstić information content (AvgIpc) is 3.11. The Balaban J connectivity index is 1.70. The summed E-state index contributed by atoms with van der Waals surface area (Å²) in [4.78, 5) is 20.7. The van der Waals surface area contributed by atoms with E-state index in [9.17, 15) is 4.79 Å². The lowest BCUT2D eigenvalue weighted by Gasteiger charge is -2.09. The molecule has 0 atom stereocenters. The van der Waals surface area contributed by atoms with Crippen LogP contribution in [0.4, 0.5) is 0 Å². The van der Waals surface area contributed by atoms with Crippen LogP contribution in [0, 0.1) is 0 Å². The molecule has 3 rings (SSSR count). The quantitative estimate of drug-likeness (QED) is 0.701. The molecular formula is C17H14BrN3O2S. The third kappa shape index (κ3) is 3.80. The van der Waals surface area contributed by atoms with Gasteiger partial charge >= 0.3 is 0 Å². The van der Waals surface area contributed by atoms with E-state index in [-0.39, 0.29) is 5.91 Å². The third-order valence-corrected chi connectivity index (χ3v) is 4.73. The lowest BCUT2D eigenvalue weighted by Crippen LogP contribution is -2.23. The summed E-state index contributed by atoms with van der Waals surface area (Å²) in [5.41, 5.74) is 2.24. The Kier molecular flexibility index (Phi) is 5.22. The highest BCUT2D eigenvalue weighted by Crippen LogP contribution is 2.24. The number of carbonyl (C=O) groups is 1. The molecule has 0 unspecified atom stereocenters. The minimum absolute atomic E-state index is 0.214. The Labute approximate surface area is 151 Å². The number of benzene rings is 1. The van der Waals surface area contributed by atoms with Gasteiger partial charge in [0.15, 0.2) is 0 Å². The van der Waals surface area contributed by atoms with Gasteiger partial charge in [0.2, 0.25) is 0 Å². The van der Waals surface area contributed by atoms with Gasteiger partial charge in [0.1, 0.15) is 16.5 Å². The van der Waals surface area contributed by atoms with Crippen LogP contribution in [0.3, 0.4) is 0 Å². The lowest BCUT2D eigenvalue weighted by molar-refractivity contribution is 0.0946. The SMILES string of the molecule is COc1ccc(Br)cc1CNC(=O)c1csc(-c2ccncc2)n1. The molecule has 0 aliphatic rings. The number of pyridine rings is 1. The van der Waals surface area contributed by atoms with Crippen LogP contribution in [-0.2, 0) is 6.54 Å². The molecule has 0 bridgehead atoms. The summed E-state index contributed by atoms with van der Waals surface area (Å²) in [6.45, 7) is 0.365. The third-order valence-electron chi connectivity index (χ3n) is 3.35. The second-order valence-corrected chi connectivity index (χ2v) is 6.69. The number of nitrogens with zero attached hydrogens (tertiary/aromatic N) is 2. The van der Waals surface area contributed by atoms with Crippen molar-refractivity contribution in [2.75, 3.05) is 7.11 Å². The van der Waals surface area contributed by atoms with E-state index >= 15 is 0 Å². The standard InChI is InChI=1S/C17H14BrN3O2S/c1-23-15-3-2-13(18)8-12(15)9-20-16(22)14-10-24-17(21-14)11-4-6-19-7-5-11/h2-8,10H,9H2,1H3,(H,20,22). The highest BCUT2D eigenvalue weighted by molar-refractivity contribution is 9.10. The van der Waals surface area contributed by atoms with E-state index in [1.165, 1.54) is 11.3 Å². The first-order valence-electron chi connectivity index (χ1n) is 7.14. The maximum absolute atomic E-state index is 12.3. The van der Waals surface area contributed by atoms with Crippen LogP contribution in [0.25, 0.3) is 10.6 Å². The zero-order chi connectivity index (χ0) is 16.9. The van der Waals surface area contributed by atoms with Crippen LogP contribution < -0.4 is 10.1 Å². The summed E-state index contributed by atoms with van der Waals surface area (Å²) >= 11 is 4.85. The maximum atomic E-state index is 12.3. The molecule has 3 aromatic rings. The van der Waals surface area contributed by atoms with Crippen molar-refractivity contribution in [3.8, 4) is 16.3 Å². The fraction of sp³-hybridized carbons (Fsp3) is 0.118. The predicted octanol–water partition coefficient (Wildman–Crippen LogP) is 3.91. The van der Waals surface area contributed by atoms with Gasteiger partial charge in [-0.25, -0.2) is 4.98 Å². The molecule has 0 radical (unpaired) electrons. The van der Waals surface area contributed by atoms with Gasteiger partial charge in [-0.05, 0) is 30.3 Å². The summed E-state index contributed by atoms with van der Waals surface area (Å²) in [6, 6.07) is 9.41. The average molecular weight is 404 g/mol. The topological polar surface area (TPSA) is 64.1 Å². The van der Waals surface area contributed by atoms with Crippen LogP contribution in [-0.4, -0.2) is 23.0 Å². The molecule has 1 aromatic carbocycles. The van der Waals surface area contributed by atoms with Crippen LogP contribution in [0.2, 0.25) is 0 Å². The Morgan fingerprint density at radius 2 is 2.08 bits per heavy atom. The van der Waals surface area contributed by atoms with Gasteiger partial charge in [0.25, 0.3) is 5.91 Å². The molecule has 1 amide bonds. The van der Waals surface area contributed by atoms with Gasteiger partial charge in [-0.3, -0.25) is 9.78 Å². The molecule has 7 heteroatoms. The van der Waals surface area contributed by atoms with Crippen molar-refractivity contribution < 1.29 is 9.53 Å². The minimum Gasteiger partial charge on any atom is -0.496 e. The van der Waals surface area contributed by atoms with Crippen molar-refractivity contribution in [3.63, 3.8) is 0 Å². The summed E-state index contributed by atoms with van der Waals surface area (Å²) in [7, 11) is 1.61. The van der Waals surface area contributed by atoms with Gasteiger partial charge in [0, 0.05) is 39.9 Å². The summed E-state index contributed by atoms with van der Waals surface area (Å²) in [6.07, 6.45) is 3.41. The molecule has 0 saturated heterocycles. The minimum atomic E-state index is -0.214. The number of carbonyl (C=O) groups excluding carboxylic acids is 1. The molecular weight excluding hydrogens is 390 g/mol. The van der Waals surface area contributed by atoms with Gasteiger partial charge in [-0.15, -0.1) is 11.3 Å². The van der Waals surface area contributed by atoms with E-state index in [1.807, 2.05) is 30.3 Å². The smallest absolute Gasteiger partial charge is 0.271 e. The van der Waals surface area contributed by atoms with E-state index < -0.39 is 0 Å². The molecule has 1 N–H and O–H groups in total. The Hall–Kier alpha value is -2.25. The Morgan fingerprint density at radius 1 is 1.29 bits per heavy atom. The zero-order valence-corrected chi connectivity index (χ0v) is 15.2. The second kappa shape index (κ2) is 7.55. The molecule has 0 aliphatic carbocycles. The zero-order valence-electron chi connectivity index (χ0n) is 12.8. The number of ether oxygens (including phenoxy) is 1. The predicted molar refractivity (Wildman–Crippen MR) is 97.2 cm³/mol. The number of halogens is 1. The molecule has 24 heavy (non-hydrogen) atoms. The van der Waals surface area contributed by atoms with Crippen LogP contribution >= 0.6 is 27.3 Å². The molecule has 0 spiro atoms. The van der Waals surface area contributed by atoms with Crippen molar-refractivity contribution in [1.82, 2.24) is 15.3 Å². The number of rotatable bonds is 5. The van der Waals surface area contributed by atoms with Crippen LogP contribution in [0.5, 0.6) is 5.75 Å². The van der Waals surface area contributed by atoms with Gasteiger partial charge in [-0.2, -0.15) is 0 Å². The first-order valence-corrected chi connectivity index (χ1v) is 8.81. The largest absolute Gasteiger partial charge is 0.496 e. The van der Waals surface area contributed by atoms with Crippen molar-refractivity contribution in [1.29, 1.82) is 0 Å². The highest BCUT2D eigenvalue weighted by Gasteiger charge is 2.13. The number of hydrogen-bond donors (Lipinski definition) is 1. The van der Waals surface area contributed by atoms with E-state index in [4.69, 9.17) is 4.74 Å². The van der Waals surface area contributed by atoms with Gasteiger partial charge < -0.3 is 10.1 Å². The second-order valence-electron chi connectivity index (χ2n) is 4.91. The van der Waals surface area contributed by atoms with E-state index in [1.54, 1.807) is 24.9 Å². The van der Waals surface area contributed by atoms with Gasteiger partial charge in [0.05, 0.1) is 7.11 Å². The van der Waals surface area contributed by atoms with Gasteiger partial charge in [-0.1, -0.05) is 15.9 Å². The number of aromatic nitrogens is 2. The van der Waals surface area contributed by atoms with E-state index in [0.29, 0.717) is 12.2 Å². The van der Waals surface area contributed by atoms with E-state index in [0.717, 1.165) is 26.4 Å². The molecule has 122 valence electrons. The first kappa shape index (κ1) is 16.6. The summed E-state index contributed by atoms with van der Waals surface area (Å²) < 4.78 is 6.24. The van der Waals surface area contributed by atoms with Crippen molar-refractivity contribution in [3.05, 3.63) is 63.8 Å².